The van der Waals surface area contributed by atoms with E-state index in [1.165, 1.54) is 9.80 Å². The van der Waals surface area contributed by atoms with Gasteiger partial charge < -0.3 is 25.1 Å². The molecule has 0 aromatic rings. The molecule has 2 atom stereocenters. The summed E-state index contributed by atoms with van der Waals surface area (Å²) in [7, 11) is 0. The molecule has 7 nitrogen and oxygen atoms in total. The van der Waals surface area contributed by atoms with Gasteiger partial charge in [-0.25, -0.2) is 9.59 Å². The fourth-order valence-corrected chi connectivity index (χ4v) is 2.35. The van der Waals surface area contributed by atoms with Gasteiger partial charge in [0.1, 0.15) is 6.04 Å². The van der Waals surface area contributed by atoms with Crippen molar-refractivity contribution >= 4 is 12.0 Å². The molecule has 3 N–H and O–H groups in total. The number of aliphatic hydroxyl groups is 2. The quantitative estimate of drug-likeness (QED) is 0.605. The Hall–Kier alpha value is -1.34. The van der Waals surface area contributed by atoms with Crippen molar-refractivity contribution in [3.05, 3.63) is 0 Å². The fraction of sp³-hybridized carbons (Fsp3) is 0.818. The SMILES string of the molecule is O=C(O)[C@@H]1C[C@H](O)CN1C(=O)N(CCO)C1CC1. The topological polar surface area (TPSA) is 101 Å². The largest absolute Gasteiger partial charge is 0.480 e. The number of amides is 2. The second-order valence-corrected chi connectivity index (χ2v) is 4.83. The molecule has 2 aliphatic rings. The van der Waals surface area contributed by atoms with E-state index in [1.54, 1.807) is 0 Å². The van der Waals surface area contributed by atoms with Crippen LogP contribution in [0.1, 0.15) is 19.3 Å². The number of aliphatic hydroxyl groups excluding tert-OH is 2. The van der Waals surface area contributed by atoms with Gasteiger partial charge in [-0.2, -0.15) is 0 Å². The van der Waals surface area contributed by atoms with Gasteiger partial charge in [-0.05, 0) is 12.8 Å². The number of carbonyl (C=O) groups is 2. The number of hydrogen-bond acceptors (Lipinski definition) is 4. The monoisotopic (exact) mass is 258 g/mol. The van der Waals surface area contributed by atoms with E-state index < -0.39 is 24.1 Å². The van der Waals surface area contributed by atoms with Crippen LogP contribution in [0.2, 0.25) is 0 Å². The molecule has 2 amide bonds. The number of nitrogens with zero attached hydrogens (tertiary/aromatic N) is 2. The summed E-state index contributed by atoms with van der Waals surface area (Å²) in [5.74, 6) is -1.10. The van der Waals surface area contributed by atoms with Crippen LogP contribution in [0, 0.1) is 0 Å². The lowest BCUT2D eigenvalue weighted by Gasteiger charge is -2.29. The second-order valence-electron chi connectivity index (χ2n) is 4.83. The number of carboxylic acid groups (broad SMARTS) is 1. The van der Waals surface area contributed by atoms with Gasteiger partial charge in [0.05, 0.1) is 12.7 Å². The Balaban J connectivity index is 2.08. The van der Waals surface area contributed by atoms with Crippen LogP contribution >= 0.6 is 0 Å². The number of carboxylic acids is 1. The zero-order chi connectivity index (χ0) is 13.3. The predicted octanol–water partition coefficient (Wildman–Crippen LogP) is -0.917. The number of carbonyl (C=O) groups excluding carboxylic acids is 1. The molecule has 0 unspecified atom stereocenters. The Morgan fingerprint density at radius 2 is 2.00 bits per heavy atom. The minimum atomic E-state index is -1.10. The third kappa shape index (κ3) is 2.56. The second kappa shape index (κ2) is 5.11. The number of rotatable bonds is 4. The minimum Gasteiger partial charge on any atom is -0.480 e. The molecule has 1 heterocycles. The van der Waals surface area contributed by atoms with Crippen molar-refractivity contribution in [1.82, 2.24) is 9.80 Å². The fourth-order valence-electron chi connectivity index (χ4n) is 2.35. The summed E-state index contributed by atoms with van der Waals surface area (Å²) in [6, 6.07) is -1.25. The molecule has 7 heteroatoms. The molecule has 1 saturated carbocycles. The zero-order valence-corrected chi connectivity index (χ0v) is 10.0. The first-order valence-electron chi connectivity index (χ1n) is 6.13. The molecule has 0 bridgehead atoms. The summed E-state index contributed by atoms with van der Waals surface area (Å²) in [5, 5.41) is 27.5. The van der Waals surface area contributed by atoms with Gasteiger partial charge in [-0.3, -0.25) is 0 Å². The molecule has 18 heavy (non-hydrogen) atoms. The van der Waals surface area contributed by atoms with Crippen LogP contribution in [0.3, 0.4) is 0 Å². The van der Waals surface area contributed by atoms with E-state index in [0.29, 0.717) is 0 Å². The average molecular weight is 258 g/mol. The summed E-state index contributed by atoms with van der Waals surface area (Å²) in [6.45, 7) is 0.114. The molecule has 1 aliphatic carbocycles. The van der Waals surface area contributed by atoms with Crippen molar-refractivity contribution in [3.8, 4) is 0 Å². The van der Waals surface area contributed by atoms with E-state index in [9.17, 15) is 14.7 Å². The standard InChI is InChI=1S/C11H18N2O5/c14-4-3-12(7-1-2-7)11(18)13-6-8(15)5-9(13)10(16)17/h7-9,14-15H,1-6H2,(H,16,17)/t8-,9-/m0/s1. The van der Waals surface area contributed by atoms with Gasteiger partial charge >= 0.3 is 12.0 Å². The van der Waals surface area contributed by atoms with E-state index in [2.05, 4.69) is 0 Å². The van der Waals surface area contributed by atoms with E-state index in [1.807, 2.05) is 0 Å². The Bertz CT molecular complexity index is 344. The van der Waals surface area contributed by atoms with Gasteiger partial charge in [0.15, 0.2) is 0 Å². The minimum absolute atomic E-state index is 0.0461. The molecule has 1 saturated heterocycles. The highest BCUT2D eigenvalue weighted by Gasteiger charge is 2.43. The van der Waals surface area contributed by atoms with Crippen molar-refractivity contribution < 1.29 is 24.9 Å². The van der Waals surface area contributed by atoms with Crippen LogP contribution in [0.25, 0.3) is 0 Å². The summed E-state index contributed by atoms with van der Waals surface area (Å²) in [5.41, 5.74) is 0. The lowest BCUT2D eigenvalue weighted by Crippen LogP contribution is -2.49. The van der Waals surface area contributed by atoms with Crippen LogP contribution in [-0.2, 0) is 4.79 Å². The number of aliphatic carboxylic acids is 1. The predicted molar refractivity (Wildman–Crippen MR) is 61.0 cm³/mol. The first-order valence-corrected chi connectivity index (χ1v) is 6.13. The molecule has 0 spiro atoms. The maximum Gasteiger partial charge on any atom is 0.326 e. The molecule has 2 rings (SSSR count). The molecule has 1 aliphatic heterocycles. The molecule has 0 aromatic carbocycles. The zero-order valence-electron chi connectivity index (χ0n) is 10.0. The van der Waals surface area contributed by atoms with Crippen LogP contribution in [0.4, 0.5) is 4.79 Å². The Labute approximate surface area is 105 Å². The number of hydrogen-bond donors (Lipinski definition) is 3. The first-order chi connectivity index (χ1) is 8.54. The maximum absolute atomic E-state index is 12.2. The maximum atomic E-state index is 12.2. The van der Waals surface area contributed by atoms with E-state index in [-0.39, 0.29) is 32.2 Å². The Morgan fingerprint density at radius 3 is 2.50 bits per heavy atom. The highest BCUT2D eigenvalue weighted by atomic mass is 16.4. The molecule has 0 aromatic heterocycles. The molecular formula is C11H18N2O5. The van der Waals surface area contributed by atoms with Crippen LogP contribution in [0.15, 0.2) is 0 Å². The molecule has 2 fully saturated rings. The highest BCUT2D eigenvalue weighted by molar-refractivity contribution is 5.83. The average Bonchev–Trinajstić information content (AvgIpc) is 3.07. The third-order valence-corrected chi connectivity index (χ3v) is 3.38. The van der Waals surface area contributed by atoms with Gasteiger partial charge in [0.25, 0.3) is 0 Å². The Morgan fingerprint density at radius 1 is 1.33 bits per heavy atom. The van der Waals surface area contributed by atoms with Crippen molar-refractivity contribution in [2.75, 3.05) is 19.7 Å². The lowest BCUT2D eigenvalue weighted by molar-refractivity contribution is -0.141. The first kappa shape index (κ1) is 13.1. The van der Waals surface area contributed by atoms with Crippen LogP contribution in [0.5, 0.6) is 0 Å². The third-order valence-electron chi connectivity index (χ3n) is 3.38. The molecule has 0 radical (unpaired) electrons. The van der Waals surface area contributed by atoms with Gasteiger partial charge in [0, 0.05) is 25.6 Å². The highest BCUT2D eigenvalue weighted by Crippen LogP contribution is 2.29. The summed E-state index contributed by atoms with van der Waals surface area (Å²) in [4.78, 5) is 26.0. The summed E-state index contributed by atoms with van der Waals surface area (Å²) < 4.78 is 0. The van der Waals surface area contributed by atoms with E-state index >= 15 is 0 Å². The smallest absolute Gasteiger partial charge is 0.326 e. The Kier molecular flexibility index (Phi) is 3.72. The normalized spacial score (nSPS) is 27.3. The molecule has 102 valence electrons. The number of urea groups is 1. The summed E-state index contributed by atoms with van der Waals surface area (Å²) in [6.07, 6.45) is 1.06. The lowest BCUT2D eigenvalue weighted by atomic mass is 10.2. The van der Waals surface area contributed by atoms with Crippen molar-refractivity contribution in [2.24, 2.45) is 0 Å². The molecular weight excluding hydrogens is 240 g/mol. The van der Waals surface area contributed by atoms with E-state index in [4.69, 9.17) is 10.2 Å². The van der Waals surface area contributed by atoms with Crippen molar-refractivity contribution in [1.29, 1.82) is 0 Å². The van der Waals surface area contributed by atoms with Crippen molar-refractivity contribution in [2.45, 2.75) is 37.5 Å². The summed E-state index contributed by atoms with van der Waals surface area (Å²) >= 11 is 0. The van der Waals surface area contributed by atoms with Crippen molar-refractivity contribution in [3.63, 3.8) is 0 Å². The van der Waals surface area contributed by atoms with E-state index in [0.717, 1.165) is 12.8 Å². The number of likely N-dealkylation sites (tertiary alicyclic amines) is 1. The van der Waals surface area contributed by atoms with Gasteiger partial charge in [-0.15, -0.1) is 0 Å². The number of β-amino-alcohol motifs (C(OH)–C–C–N with tert-alkyl or cyclic N) is 1. The van der Waals surface area contributed by atoms with Crippen LogP contribution in [-0.4, -0.2) is 75.0 Å². The van der Waals surface area contributed by atoms with Gasteiger partial charge in [0.2, 0.25) is 0 Å². The van der Waals surface area contributed by atoms with Gasteiger partial charge in [-0.1, -0.05) is 0 Å². The van der Waals surface area contributed by atoms with Crippen LogP contribution < -0.4 is 0 Å².